The van der Waals surface area contributed by atoms with Gasteiger partial charge in [0.05, 0.1) is 0 Å². The molecule has 1 aromatic heterocycles. The molecule has 6 nitrogen and oxygen atoms in total. The highest BCUT2D eigenvalue weighted by Crippen LogP contribution is 2.19. The van der Waals surface area contributed by atoms with Crippen LogP contribution in [0.5, 0.6) is 0 Å². The molecule has 3 rings (SSSR count). The van der Waals surface area contributed by atoms with E-state index in [0.29, 0.717) is 16.9 Å². The number of benzene rings is 2. The van der Waals surface area contributed by atoms with E-state index in [4.69, 9.17) is 0 Å². The minimum Gasteiger partial charge on any atom is -0.345 e. The number of nitrogens with one attached hydrogen (secondary N) is 3. The van der Waals surface area contributed by atoms with Gasteiger partial charge in [-0.05, 0) is 42.5 Å². The summed E-state index contributed by atoms with van der Waals surface area (Å²) in [4.78, 5) is 30.6. The van der Waals surface area contributed by atoms with Gasteiger partial charge in [0, 0.05) is 41.8 Å². The van der Waals surface area contributed by atoms with Crippen LogP contribution in [0, 0.1) is 0 Å². The second-order valence-electron chi connectivity index (χ2n) is 5.23. The van der Waals surface area contributed by atoms with E-state index in [-0.39, 0.29) is 11.8 Å². The van der Waals surface area contributed by atoms with Gasteiger partial charge in [0.2, 0.25) is 5.91 Å². The van der Waals surface area contributed by atoms with Crippen LogP contribution in [0.15, 0.2) is 60.9 Å². The average Bonchev–Trinajstić information content (AvgIpc) is 3.09. The zero-order valence-electron chi connectivity index (χ0n) is 13.0. The highest BCUT2D eigenvalue weighted by molar-refractivity contribution is 6.05. The molecule has 3 N–H and O–H groups in total. The van der Waals surface area contributed by atoms with Gasteiger partial charge in [-0.15, -0.1) is 0 Å². The van der Waals surface area contributed by atoms with Crippen LogP contribution in [-0.2, 0) is 4.79 Å². The van der Waals surface area contributed by atoms with Gasteiger partial charge in [0.1, 0.15) is 5.82 Å². The highest BCUT2D eigenvalue weighted by atomic mass is 16.2. The Morgan fingerprint density at radius 3 is 2.46 bits per heavy atom. The molecule has 1 heterocycles. The molecule has 0 saturated carbocycles. The number of anilines is 2. The molecule has 0 saturated heterocycles. The smallest absolute Gasteiger partial charge is 0.255 e. The SMILES string of the molecule is CC(=O)Nc1cccc(C(=O)Nc2ccc(-c3ncc[nH]3)cc2)c1. The van der Waals surface area contributed by atoms with Gasteiger partial charge < -0.3 is 15.6 Å². The maximum atomic E-state index is 12.3. The Balaban J connectivity index is 1.71. The van der Waals surface area contributed by atoms with E-state index in [1.807, 2.05) is 24.3 Å². The molecule has 3 aromatic rings. The first-order valence-corrected chi connectivity index (χ1v) is 7.40. The predicted octanol–water partition coefficient (Wildman–Crippen LogP) is 3.29. The lowest BCUT2D eigenvalue weighted by molar-refractivity contribution is -0.114. The van der Waals surface area contributed by atoms with E-state index in [1.54, 1.807) is 36.7 Å². The zero-order chi connectivity index (χ0) is 16.9. The molecule has 6 heteroatoms. The number of aromatic amines is 1. The minimum atomic E-state index is -0.243. The third-order valence-electron chi connectivity index (χ3n) is 3.36. The summed E-state index contributed by atoms with van der Waals surface area (Å²) in [5.74, 6) is 0.352. The average molecular weight is 320 g/mol. The molecular formula is C18H16N4O2. The molecular weight excluding hydrogens is 304 g/mol. The Morgan fingerprint density at radius 1 is 1.00 bits per heavy atom. The number of hydrogen-bond acceptors (Lipinski definition) is 3. The van der Waals surface area contributed by atoms with Crippen LogP contribution < -0.4 is 10.6 Å². The largest absolute Gasteiger partial charge is 0.345 e. The highest BCUT2D eigenvalue weighted by Gasteiger charge is 2.08. The van der Waals surface area contributed by atoms with Crippen LogP contribution in [0.4, 0.5) is 11.4 Å². The summed E-state index contributed by atoms with van der Waals surface area (Å²) >= 11 is 0. The number of imidazole rings is 1. The van der Waals surface area contributed by atoms with Crippen LogP contribution in [0.3, 0.4) is 0 Å². The first kappa shape index (κ1) is 15.5. The third-order valence-corrected chi connectivity index (χ3v) is 3.36. The first-order valence-electron chi connectivity index (χ1n) is 7.40. The zero-order valence-corrected chi connectivity index (χ0v) is 13.0. The molecule has 2 amide bonds. The van der Waals surface area contributed by atoms with Gasteiger partial charge in [-0.3, -0.25) is 9.59 Å². The summed E-state index contributed by atoms with van der Waals surface area (Å²) in [5.41, 5.74) is 2.67. The summed E-state index contributed by atoms with van der Waals surface area (Å²) < 4.78 is 0. The van der Waals surface area contributed by atoms with Crippen molar-refractivity contribution in [3.05, 3.63) is 66.5 Å². The Kier molecular flexibility index (Phi) is 4.38. The molecule has 0 aliphatic heterocycles. The maximum absolute atomic E-state index is 12.3. The molecule has 0 atom stereocenters. The van der Waals surface area contributed by atoms with Gasteiger partial charge in [0.15, 0.2) is 0 Å². The number of nitrogens with zero attached hydrogens (tertiary/aromatic N) is 1. The number of carbonyl (C=O) groups is 2. The van der Waals surface area contributed by atoms with Gasteiger partial charge in [-0.1, -0.05) is 6.07 Å². The first-order chi connectivity index (χ1) is 11.6. The molecule has 0 bridgehead atoms. The summed E-state index contributed by atoms with van der Waals surface area (Å²) in [6, 6.07) is 14.2. The summed E-state index contributed by atoms with van der Waals surface area (Å²) in [7, 11) is 0. The van der Waals surface area contributed by atoms with Gasteiger partial charge in [0.25, 0.3) is 5.91 Å². The van der Waals surface area contributed by atoms with E-state index in [1.165, 1.54) is 6.92 Å². The molecule has 0 unspecified atom stereocenters. The van der Waals surface area contributed by atoms with Gasteiger partial charge >= 0.3 is 0 Å². The maximum Gasteiger partial charge on any atom is 0.255 e. The Morgan fingerprint density at radius 2 is 1.79 bits per heavy atom. The van der Waals surface area contributed by atoms with E-state index in [0.717, 1.165) is 11.4 Å². The van der Waals surface area contributed by atoms with Crippen molar-refractivity contribution in [2.45, 2.75) is 6.92 Å². The molecule has 0 aliphatic carbocycles. The Labute approximate surface area is 138 Å². The van der Waals surface area contributed by atoms with Crippen molar-refractivity contribution in [1.29, 1.82) is 0 Å². The minimum absolute atomic E-state index is 0.180. The molecule has 0 fully saturated rings. The lowest BCUT2D eigenvalue weighted by Gasteiger charge is -2.08. The van der Waals surface area contributed by atoms with Crippen molar-refractivity contribution in [2.24, 2.45) is 0 Å². The summed E-state index contributed by atoms with van der Waals surface area (Å²) in [5, 5.41) is 5.49. The van der Waals surface area contributed by atoms with E-state index >= 15 is 0 Å². The standard InChI is InChI=1S/C18H16N4O2/c1-12(23)21-16-4-2-3-14(11-16)18(24)22-15-7-5-13(6-8-15)17-19-9-10-20-17/h2-11H,1H3,(H,19,20)(H,21,23)(H,22,24). The Bertz CT molecular complexity index is 855. The third kappa shape index (κ3) is 3.67. The predicted molar refractivity (Wildman–Crippen MR) is 92.7 cm³/mol. The summed E-state index contributed by atoms with van der Waals surface area (Å²) in [6.07, 6.45) is 3.44. The van der Waals surface area contributed by atoms with Gasteiger partial charge in [-0.25, -0.2) is 4.98 Å². The van der Waals surface area contributed by atoms with Crippen LogP contribution >= 0.6 is 0 Å². The number of H-pyrrole nitrogens is 1. The number of aromatic nitrogens is 2. The fourth-order valence-corrected chi connectivity index (χ4v) is 2.28. The lowest BCUT2D eigenvalue weighted by Crippen LogP contribution is -2.13. The van der Waals surface area contributed by atoms with Crippen molar-refractivity contribution in [1.82, 2.24) is 9.97 Å². The molecule has 0 spiro atoms. The molecule has 120 valence electrons. The fourth-order valence-electron chi connectivity index (χ4n) is 2.28. The number of carbonyl (C=O) groups excluding carboxylic acids is 2. The van der Waals surface area contributed by atoms with E-state index < -0.39 is 0 Å². The monoisotopic (exact) mass is 320 g/mol. The van der Waals surface area contributed by atoms with Crippen molar-refractivity contribution >= 4 is 23.2 Å². The van der Waals surface area contributed by atoms with Crippen LogP contribution in [0.2, 0.25) is 0 Å². The van der Waals surface area contributed by atoms with Crippen LogP contribution in [0.25, 0.3) is 11.4 Å². The van der Waals surface area contributed by atoms with Crippen LogP contribution in [-0.4, -0.2) is 21.8 Å². The lowest BCUT2D eigenvalue weighted by atomic mass is 10.1. The summed E-state index contributed by atoms with van der Waals surface area (Å²) in [6.45, 7) is 1.42. The number of rotatable bonds is 4. The molecule has 0 aliphatic rings. The quantitative estimate of drug-likeness (QED) is 0.689. The van der Waals surface area contributed by atoms with Crippen LogP contribution in [0.1, 0.15) is 17.3 Å². The molecule has 24 heavy (non-hydrogen) atoms. The second kappa shape index (κ2) is 6.78. The number of hydrogen-bond donors (Lipinski definition) is 3. The molecule has 2 aromatic carbocycles. The number of amides is 2. The van der Waals surface area contributed by atoms with Crippen molar-refractivity contribution in [3.63, 3.8) is 0 Å². The van der Waals surface area contributed by atoms with Gasteiger partial charge in [-0.2, -0.15) is 0 Å². The normalized spacial score (nSPS) is 10.2. The van der Waals surface area contributed by atoms with Crippen molar-refractivity contribution < 1.29 is 9.59 Å². The Hall–Kier alpha value is -3.41. The molecule has 0 radical (unpaired) electrons. The topological polar surface area (TPSA) is 86.9 Å². The van der Waals surface area contributed by atoms with Crippen molar-refractivity contribution in [2.75, 3.05) is 10.6 Å². The van der Waals surface area contributed by atoms with E-state index in [2.05, 4.69) is 20.6 Å². The second-order valence-corrected chi connectivity index (χ2v) is 5.23. The fraction of sp³-hybridized carbons (Fsp3) is 0.0556. The van der Waals surface area contributed by atoms with E-state index in [9.17, 15) is 9.59 Å². The van der Waals surface area contributed by atoms with Crippen molar-refractivity contribution in [3.8, 4) is 11.4 Å².